The summed E-state index contributed by atoms with van der Waals surface area (Å²) < 4.78 is 67.9. The highest BCUT2D eigenvalue weighted by Crippen LogP contribution is 2.23. The Labute approximate surface area is 165 Å². The average Bonchev–Trinajstić information content (AvgIpc) is 2.94. The third kappa shape index (κ3) is 4.53. The highest BCUT2D eigenvalue weighted by atomic mass is 32.2. The van der Waals surface area contributed by atoms with E-state index in [4.69, 9.17) is 0 Å². The molecular weight excluding hydrogens is 403 g/mol. The van der Waals surface area contributed by atoms with Gasteiger partial charge in [-0.25, -0.2) is 21.2 Å². The molecule has 0 saturated carbocycles. The van der Waals surface area contributed by atoms with Crippen LogP contribution >= 0.6 is 0 Å². The summed E-state index contributed by atoms with van der Waals surface area (Å²) in [5.74, 6) is -0.609. The fourth-order valence-electron chi connectivity index (χ4n) is 3.08. The zero-order valence-corrected chi connectivity index (χ0v) is 17.2. The molecule has 1 aliphatic heterocycles. The predicted octanol–water partition coefficient (Wildman–Crippen LogP) is 3.50. The van der Waals surface area contributed by atoms with E-state index >= 15 is 0 Å². The van der Waals surface area contributed by atoms with E-state index in [-0.39, 0.29) is 15.5 Å². The monoisotopic (exact) mass is 426 g/mol. The molecule has 1 heterocycles. The number of nitrogens with one attached hydrogen (secondary N) is 1. The number of halogens is 1. The molecule has 6 nitrogen and oxygen atoms in total. The first-order valence-corrected chi connectivity index (χ1v) is 12.0. The minimum absolute atomic E-state index is 0.124. The molecule has 3 rings (SSSR count). The van der Waals surface area contributed by atoms with Gasteiger partial charge in [-0.15, -0.1) is 0 Å². The standard InChI is InChI=1S/C19H23FN2O4S2/c1-15-6-9-18(14-19(15)20)27(23,24)21-16-7-10-17(11-8-16)28(25,26)22-12-4-2-3-5-13-22/h6-11,14,21H,2-5,12-13H2,1H3. The Morgan fingerprint density at radius 1 is 0.857 bits per heavy atom. The van der Waals surface area contributed by atoms with Crippen LogP contribution in [-0.4, -0.2) is 34.2 Å². The number of hydrogen-bond acceptors (Lipinski definition) is 4. The predicted molar refractivity (Wildman–Crippen MR) is 106 cm³/mol. The summed E-state index contributed by atoms with van der Waals surface area (Å²) in [5, 5.41) is 0. The zero-order chi connectivity index (χ0) is 20.4. The quantitative estimate of drug-likeness (QED) is 0.793. The largest absolute Gasteiger partial charge is 0.280 e. The first-order chi connectivity index (χ1) is 13.2. The van der Waals surface area contributed by atoms with E-state index in [0.29, 0.717) is 18.7 Å². The van der Waals surface area contributed by atoms with Gasteiger partial charge in [0.2, 0.25) is 10.0 Å². The minimum atomic E-state index is -3.98. The van der Waals surface area contributed by atoms with Crippen LogP contribution in [0.1, 0.15) is 31.2 Å². The maximum absolute atomic E-state index is 13.7. The van der Waals surface area contributed by atoms with Crippen LogP contribution in [0.2, 0.25) is 0 Å². The van der Waals surface area contributed by atoms with E-state index in [2.05, 4.69) is 4.72 Å². The third-order valence-corrected chi connectivity index (χ3v) is 8.05. The summed E-state index contributed by atoms with van der Waals surface area (Å²) >= 11 is 0. The number of benzene rings is 2. The van der Waals surface area contributed by atoms with Crippen LogP contribution in [0.25, 0.3) is 0 Å². The van der Waals surface area contributed by atoms with Gasteiger partial charge in [-0.05, 0) is 61.7 Å². The van der Waals surface area contributed by atoms with Gasteiger partial charge in [0.15, 0.2) is 0 Å². The van der Waals surface area contributed by atoms with E-state index in [1.807, 2.05) is 0 Å². The normalized spacial score (nSPS) is 16.5. The van der Waals surface area contributed by atoms with E-state index in [9.17, 15) is 21.2 Å². The molecule has 0 bridgehead atoms. The Hall–Kier alpha value is -1.97. The summed E-state index contributed by atoms with van der Waals surface area (Å²) in [7, 11) is -7.58. The molecule has 1 N–H and O–H groups in total. The lowest BCUT2D eigenvalue weighted by Crippen LogP contribution is -2.31. The Bertz CT molecular complexity index is 1040. The Kier molecular flexibility index (Phi) is 6.07. The smallest absolute Gasteiger partial charge is 0.261 e. The summed E-state index contributed by atoms with van der Waals surface area (Å²) in [5.41, 5.74) is 0.554. The molecule has 2 aromatic carbocycles. The molecule has 0 spiro atoms. The molecular formula is C19H23FN2O4S2. The van der Waals surface area contributed by atoms with Crippen molar-refractivity contribution in [1.29, 1.82) is 0 Å². The van der Waals surface area contributed by atoms with E-state index in [1.54, 1.807) is 6.92 Å². The third-order valence-electron chi connectivity index (χ3n) is 4.76. The Morgan fingerprint density at radius 2 is 1.43 bits per heavy atom. The van der Waals surface area contributed by atoms with Crippen LogP contribution in [0.4, 0.5) is 10.1 Å². The molecule has 152 valence electrons. The summed E-state index contributed by atoms with van der Waals surface area (Å²) in [4.78, 5) is -0.0735. The van der Waals surface area contributed by atoms with Crippen molar-refractivity contribution < 1.29 is 21.2 Å². The highest BCUT2D eigenvalue weighted by Gasteiger charge is 2.25. The van der Waals surface area contributed by atoms with Crippen molar-refractivity contribution in [3.63, 3.8) is 0 Å². The maximum Gasteiger partial charge on any atom is 0.261 e. The van der Waals surface area contributed by atoms with Crippen molar-refractivity contribution in [2.75, 3.05) is 17.8 Å². The van der Waals surface area contributed by atoms with Crippen molar-refractivity contribution in [2.24, 2.45) is 0 Å². The molecule has 0 radical (unpaired) electrons. The zero-order valence-electron chi connectivity index (χ0n) is 15.6. The Morgan fingerprint density at radius 3 is 2.00 bits per heavy atom. The van der Waals surface area contributed by atoms with Crippen LogP contribution in [0.5, 0.6) is 0 Å². The maximum atomic E-state index is 13.7. The molecule has 1 fully saturated rings. The van der Waals surface area contributed by atoms with Crippen LogP contribution in [0.15, 0.2) is 52.3 Å². The second kappa shape index (κ2) is 8.18. The molecule has 9 heteroatoms. The summed E-state index contributed by atoms with van der Waals surface area (Å²) in [6.07, 6.45) is 3.72. The van der Waals surface area contributed by atoms with Crippen molar-refractivity contribution in [3.8, 4) is 0 Å². The fraction of sp³-hybridized carbons (Fsp3) is 0.368. The number of rotatable bonds is 5. The number of anilines is 1. The van der Waals surface area contributed by atoms with E-state index in [0.717, 1.165) is 31.7 Å². The van der Waals surface area contributed by atoms with Gasteiger partial charge in [0.1, 0.15) is 5.82 Å². The van der Waals surface area contributed by atoms with Gasteiger partial charge >= 0.3 is 0 Å². The van der Waals surface area contributed by atoms with Crippen LogP contribution in [-0.2, 0) is 20.0 Å². The second-order valence-electron chi connectivity index (χ2n) is 6.86. The lowest BCUT2D eigenvalue weighted by molar-refractivity contribution is 0.424. The van der Waals surface area contributed by atoms with Gasteiger partial charge in [-0.3, -0.25) is 4.72 Å². The van der Waals surface area contributed by atoms with E-state index < -0.39 is 25.9 Å². The molecule has 1 aliphatic rings. The molecule has 0 unspecified atom stereocenters. The van der Waals surface area contributed by atoms with Gasteiger partial charge in [0.05, 0.1) is 9.79 Å². The second-order valence-corrected chi connectivity index (χ2v) is 10.5. The van der Waals surface area contributed by atoms with Gasteiger partial charge in [-0.2, -0.15) is 4.31 Å². The molecule has 28 heavy (non-hydrogen) atoms. The van der Waals surface area contributed by atoms with Crippen molar-refractivity contribution >= 4 is 25.7 Å². The van der Waals surface area contributed by atoms with Crippen LogP contribution < -0.4 is 4.72 Å². The average molecular weight is 427 g/mol. The van der Waals surface area contributed by atoms with Gasteiger partial charge < -0.3 is 0 Å². The number of hydrogen-bond donors (Lipinski definition) is 1. The minimum Gasteiger partial charge on any atom is -0.280 e. The number of aryl methyl sites for hydroxylation is 1. The Balaban J connectivity index is 1.79. The van der Waals surface area contributed by atoms with Crippen molar-refractivity contribution in [2.45, 2.75) is 42.4 Å². The van der Waals surface area contributed by atoms with Crippen LogP contribution in [0.3, 0.4) is 0 Å². The lowest BCUT2D eigenvalue weighted by Gasteiger charge is -2.20. The van der Waals surface area contributed by atoms with Gasteiger partial charge in [0, 0.05) is 18.8 Å². The number of nitrogens with zero attached hydrogens (tertiary/aromatic N) is 1. The van der Waals surface area contributed by atoms with Gasteiger partial charge in [-0.1, -0.05) is 18.9 Å². The molecule has 0 aliphatic carbocycles. The van der Waals surface area contributed by atoms with E-state index in [1.165, 1.54) is 40.7 Å². The first-order valence-electron chi connectivity index (χ1n) is 9.09. The summed E-state index contributed by atoms with van der Waals surface area (Å²) in [6, 6.07) is 9.22. The van der Waals surface area contributed by atoms with Crippen LogP contribution in [0, 0.1) is 12.7 Å². The highest BCUT2D eigenvalue weighted by molar-refractivity contribution is 7.92. The summed E-state index contributed by atoms with van der Waals surface area (Å²) in [6.45, 7) is 2.54. The molecule has 0 atom stereocenters. The van der Waals surface area contributed by atoms with Crippen molar-refractivity contribution in [3.05, 3.63) is 53.8 Å². The topological polar surface area (TPSA) is 83.5 Å². The first kappa shape index (κ1) is 20.8. The van der Waals surface area contributed by atoms with Gasteiger partial charge in [0.25, 0.3) is 10.0 Å². The SMILES string of the molecule is Cc1ccc(S(=O)(=O)Nc2ccc(S(=O)(=O)N3CCCCCC3)cc2)cc1F. The lowest BCUT2D eigenvalue weighted by atomic mass is 10.2. The molecule has 2 aromatic rings. The fourth-order valence-corrected chi connectivity index (χ4v) is 5.67. The van der Waals surface area contributed by atoms with Crippen molar-refractivity contribution in [1.82, 2.24) is 4.31 Å². The molecule has 1 saturated heterocycles. The molecule has 0 amide bonds. The molecule has 0 aromatic heterocycles. The number of sulfonamides is 2.